The summed E-state index contributed by atoms with van der Waals surface area (Å²) in [5.74, 6) is -1.44. The quantitative estimate of drug-likeness (QED) is 0.893. The lowest BCUT2D eigenvalue weighted by Gasteiger charge is -2.00. The van der Waals surface area contributed by atoms with Crippen LogP contribution >= 0.6 is 0 Å². The fraction of sp³-hybridized carbons (Fsp3) is 0.273. The second-order valence-electron chi connectivity index (χ2n) is 3.57. The van der Waals surface area contributed by atoms with Crippen LogP contribution in [0.15, 0.2) is 22.7 Å². The van der Waals surface area contributed by atoms with Crippen LogP contribution in [0.1, 0.15) is 25.2 Å². The standard InChI is InChI=1S/C11H11F2N3O/c1-2-8(14)10-15-11(17-16-10)9-6(12)4-3-5-7(9)13/h3-5,8H,2,14H2,1H3. The molecule has 0 saturated carbocycles. The second kappa shape index (κ2) is 4.58. The van der Waals surface area contributed by atoms with Crippen LogP contribution in [-0.4, -0.2) is 10.1 Å². The Balaban J connectivity index is 2.44. The summed E-state index contributed by atoms with van der Waals surface area (Å²) < 4.78 is 31.7. The number of rotatable bonds is 3. The number of halogens is 2. The van der Waals surface area contributed by atoms with Crippen LogP contribution in [0.3, 0.4) is 0 Å². The van der Waals surface area contributed by atoms with Crippen molar-refractivity contribution < 1.29 is 13.3 Å². The molecule has 0 aliphatic carbocycles. The van der Waals surface area contributed by atoms with Gasteiger partial charge in [0.15, 0.2) is 5.82 Å². The molecule has 4 nitrogen and oxygen atoms in total. The molecular weight excluding hydrogens is 228 g/mol. The Bertz CT molecular complexity index is 507. The Labute approximate surface area is 96.4 Å². The minimum atomic E-state index is -0.745. The average molecular weight is 239 g/mol. The molecule has 1 unspecified atom stereocenters. The highest BCUT2D eigenvalue weighted by atomic mass is 19.1. The smallest absolute Gasteiger partial charge is 0.263 e. The van der Waals surface area contributed by atoms with Crippen molar-refractivity contribution in [2.75, 3.05) is 0 Å². The number of nitrogens with zero attached hydrogens (tertiary/aromatic N) is 2. The van der Waals surface area contributed by atoms with Gasteiger partial charge in [-0.25, -0.2) is 8.78 Å². The summed E-state index contributed by atoms with van der Waals surface area (Å²) in [4.78, 5) is 3.89. The predicted octanol–water partition coefficient (Wildman–Crippen LogP) is 2.42. The molecule has 2 N–H and O–H groups in total. The molecular formula is C11H11F2N3O. The molecule has 0 bridgehead atoms. The number of hydrogen-bond acceptors (Lipinski definition) is 4. The Morgan fingerprint density at radius 2 is 2.00 bits per heavy atom. The van der Waals surface area contributed by atoms with Gasteiger partial charge < -0.3 is 10.3 Å². The summed E-state index contributed by atoms with van der Waals surface area (Å²) in [6, 6.07) is 3.12. The summed E-state index contributed by atoms with van der Waals surface area (Å²) in [7, 11) is 0. The van der Waals surface area contributed by atoms with Crippen molar-refractivity contribution in [1.82, 2.24) is 10.1 Å². The van der Waals surface area contributed by atoms with Gasteiger partial charge in [-0.05, 0) is 18.6 Å². The van der Waals surface area contributed by atoms with Gasteiger partial charge in [-0.3, -0.25) is 0 Å². The molecule has 1 heterocycles. The van der Waals surface area contributed by atoms with Crippen LogP contribution in [0, 0.1) is 11.6 Å². The zero-order valence-electron chi connectivity index (χ0n) is 9.15. The Morgan fingerprint density at radius 3 is 2.59 bits per heavy atom. The van der Waals surface area contributed by atoms with Gasteiger partial charge in [0.05, 0.1) is 6.04 Å². The highest BCUT2D eigenvalue weighted by Crippen LogP contribution is 2.25. The molecule has 6 heteroatoms. The lowest BCUT2D eigenvalue weighted by atomic mass is 10.2. The van der Waals surface area contributed by atoms with Gasteiger partial charge in [-0.1, -0.05) is 18.1 Å². The van der Waals surface area contributed by atoms with Crippen molar-refractivity contribution in [1.29, 1.82) is 0 Å². The number of hydrogen-bond donors (Lipinski definition) is 1. The molecule has 0 aliphatic rings. The van der Waals surface area contributed by atoms with Crippen LogP contribution < -0.4 is 5.73 Å². The van der Waals surface area contributed by atoms with Gasteiger partial charge in [-0.15, -0.1) is 0 Å². The van der Waals surface area contributed by atoms with Crippen molar-refractivity contribution in [2.45, 2.75) is 19.4 Å². The van der Waals surface area contributed by atoms with Gasteiger partial charge in [0.1, 0.15) is 17.2 Å². The Hall–Kier alpha value is -1.82. The van der Waals surface area contributed by atoms with Crippen molar-refractivity contribution in [3.8, 4) is 11.5 Å². The van der Waals surface area contributed by atoms with Gasteiger partial charge in [0.25, 0.3) is 5.89 Å². The first-order chi connectivity index (χ1) is 8.13. The zero-order chi connectivity index (χ0) is 12.4. The normalized spacial score (nSPS) is 12.7. The van der Waals surface area contributed by atoms with Crippen molar-refractivity contribution in [2.24, 2.45) is 5.73 Å². The number of aromatic nitrogens is 2. The van der Waals surface area contributed by atoms with Crippen LogP contribution in [0.25, 0.3) is 11.5 Å². The summed E-state index contributed by atoms with van der Waals surface area (Å²) in [6.07, 6.45) is 0.610. The summed E-state index contributed by atoms with van der Waals surface area (Å²) >= 11 is 0. The Morgan fingerprint density at radius 1 is 1.35 bits per heavy atom. The molecule has 17 heavy (non-hydrogen) atoms. The van der Waals surface area contributed by atoms with E-state index in [1.54, 1.807) is 0 Å². The van der Waals surface area contributed by atoms with E-state index in [-0.39, 0.29) is 17.3 Å². The molecule has 0 aliphatic heterocycles. The molecule has 1 atom stereocenters. The van der Waals surface area contributed by atoms with Crippen LogP contribution in [-0.2, 0) is 0 Å². The van der Waals surface area contributed by atoms with E-state index >= 15 is 0 Å². The minimum Gasteiger partial charge on any atom is -0.334 e. The zero-order valence-corrected chi connectivity index (χ0v) is 9.15. The Kier molecular flexibility index (Phi) is 3.14. The number of nitrogens with two attached hydrogens (primary N) is 1. The molecule has 1 aromatic carbocycles. The molecule has 0 radical (unpaired) electrons. The van der Waals surface area contributed by atoms with Crippen molar-refractivity contribution >= 4 is 0 Å². The average Bonchev–Trinajstić information content (AvgIpc) is 2.77. The third-order valence-electron chi connectivity index (χ3n) is 2.39. The molecule has 1 aromatic heterocycles. The van der Waals surface area contributed by atoms with Crippen molar-refractivity contribution in [3.05, 3.63) is 35.7 Å². The van der Waals surface area contributed by atoms with Crippen molar-refractivity contribution in [3.63, 3.8) is 0 Å². The molecule has 0 saturated heterocycles. The lowest BCUT2D eigenvalue weighted by molar-refractivity contribution is 0.410. The van der Waals surface area contributed by atoms with E-state index in [0.717, 1.165) is 12.1 Å². The largest absolute Gasteiger partial charge is 0.334 e. The van der Waals surface area contributed by atoms with E-state index in [1.807, 2.05) is 6.92 Å². The molecule has 0 fully saturated rings. The monoisotopic (exact) mass is 239 g/mol. The predicted molar refractivity (Wildman–Crippen MR) is 56.9 cm³/mol. The van der Waals surface area contributed by atoms with Crippen LogP contribution in [0.2, 0.25) is 0 Å². The maximum absolute atomic E-state index is 13.4. The maximum Gasteiger partial charge on any atom is 0.263 e. The fourth-order valence-corrected chi connectivity index (χ4v) is 1.37. The molecule has 0 spiro atoms. The summed E-state index contributed by atoms with van der Waals surface area (Å²) in [5, 5.41) is 3.60. The highest BCUT2D eigenvalue weighted by Gasteiger charge is 2.19. The van der Waals surface area contributed by atoms with Gasteiger partial charge in [0.2, 0.25) is 0 Å². The topological polar surface area (TPSA) is 64.9 Å². The fourth-order valence-electron chi connectivity index (χ4n) is 1.37. The van der Waals surface area contributed by atoms with E-state index in [9.17, 15) is 8.78 Å². The maximum atomic E-state index is 13.4. The molecule has 0 amide bonds. The molecule has 90 valence electrons. The lowest BCUT2D eigenvalue weighted by Crippen LogP contribution is -2.10. The van der Waals surface area contributed by atoms with E-state index in [0.29, 0.717) is 6.42 Å². The highest BCUT2D eigenvalue weighted by molar-refractivity contribution is 5.54. The van der Waals surface area contributed by atoms with Gasteiger partial charge in [0, 0.05) is 0 Å². The first-order valence-corrected chi connectivity index (χ1v) is 5.17. The van der Waals surface area contributed by atoms with Crippen LogP contribution in [0.5, 0.6) is 0 Å². The van der Waals surface area contributed by atoms with E-state index in [2.05, 4.69) is 10.1 Å². The minimum absolute atomic E-state index is 0.195. The first-order valence-electron chi connectivity index (χ1n) is 5.17. The molecule has 2 aromatic rings. The molecule has 2 rings (SSSR count). The van der Waals surface area contributed by atoms with E-state index < -0.39 is 17.7 Å². The first kappa shape index (κ1) is 11.7. The number of benzene rings is 1. The van der Waals surface area contributed by atoms with Crippen LogP contribution in [0.4, 0.5) is 8.78 Å². The summed E-state index contributed by atoms with van der Waals surface area (Å²) in [5.41, 5.74) is 5.36. The second-order valence-corrected chi connectivity index (χ2v) is 3.57. The van der Waals surface area contributed by atoms with E-state index in [1.165, 1.54) is 6.07 Å². The third kappa shape index (κ3) is 2.16. The third-order valence-corrected chi connectivity index (χ3v) is 2.39. The summed E-state index contributed by atoms with van der Waals surface area (Å²) in [6.45, 7) is 1.85. The SMILES string of the molecule is CCC(N)c1noc(-c2c(F)cccc2F)n1. The van der Waals surface area contributed by atoms with Gasteiger partial charge in [-0.2, -0.15) is 4.98 Å². The van der Waals surface area contributed by atoms with E-state index in [4.69, 9.17) is 10.3 Å². The van der Waals surface area contributed by atoms with Gasteiger partial charge >= 0.3 is 0 Å².